The van der Waals surface area contributed by atoms with Crippen LogP contribution in [0.25, 0.3) is 0 Å². The summed E-state index contributed by atoms with van der Waals surface area (Å²) in [6, 6.07) is 13.5. The zero-order valence-corrected chi connectivity index (χ0v) is 15.2. The second-order valence-electron chi connectivity index (χ2n) is 6.25. The highest BCUT2D eigenvalue weighted by molar-refractivity contribution is 6.30. The lowest BCUT2D eigenvalue weighted by atomic mass is 10.3. The van der Waals surface area contributed by atoms with Gasteiger partial charge in [0.05, 0.1) is 0 Å². The number of hydrogen-bond acceptors (Lipinski definition) is 6. The van der Waals surface area contributed by atoms with Crippen molar-refractivity contribution in [3.63, 3.8) is 0 Å². The molecule has 0 bridgehead atoms. The van der Waals surface area contributed by atoms with Crippen LogP contribution in [0.15, 0.2) is 48.5 Å². The molecule has 4 rings (SSSR count). The highest BCUT2D eigenvalue weighted by Gasteiger charge is 2.17. The number of benzene rings is 2. The van der Waals surface area contributed by atoms with Crippen LogP contribution in [-0.2, 0) is 0 Å². The molecule has 27 heavy (non-hydrogen) atoms. The summed E-state index contributed by atoms with van der Waals surface area (Å²) in [5.74, 6) is 1.01. The summed E-state index contributed by atoms with van der Waals surface area (Å²) in [5, 5.41) is 6.83. The molecule has 3 aromatic rings. The molecule has 0 atom stereocenters. The van der Waals surface area contributed by atoms with Gasteiger partial charge in [-0.3, -0.25) is 0 Å². The van der Waals surface area contributed by atoms with Crippen LogP contribution in [0.2, 0.25) is 5.02 Å². The Morgan fingerprint density at radius 1 is 0.852 bits per heavy atom. The van der Waals surface area contributed by atoms with E-state index in [-0.39, 0.29) is 5.82 Å². The smallest absolute Gasteiger partial charge is 0.233 e. The molecule has 1 aliphatic heterocycles. The molecule has 0 aliphatic carbocycles. The second-order valence-corrected chi connectivity index (χ2v) is 6.68. The molecular formula is C19H18ClFN6. The predicted octanol–water partition coefficient (Wildman–Crippen LogP) is 4.75. The molecule has 0 amide bonds. The summed E-state index contributed by atoms with van der Waals surface area (Å²) in [6.45, 7) is 1.81. The van der Waals surface area contributed by atoms with Crippen LogP contribution < -0.4 is 15.5 Å². The van der Waals surface area contributed by atoms with Gasteiger partial charge in [-0.05, 0) is 49.2 Å². The minimum Gasteiger partial charge on any atom is -0.341 e. The van der Waals surface area contributed by atoms with Crippen LogP contribution in [0.1, 0.15) is 12.8 Å². The molecule has 0 saturated carbocycles. The molecule has 0 unspecified atom stereocenters. The standard InChI is InChI=1S/C19H18ClFN6/c20-13-5-3-7-15(11-13)22-17-24-18(23-16-8-4-6-14(21)12-16)26-19(25-17)27-9-1-2-10-27/h3-8,11-12H,1-2,9-10H2,(H2,22,23,24,25,26). The Labute approximate surface area is 161 Å². The van der Waals surface area contributed by atoms with E-state index >= 15 is 0 Å². The Morgan fingerprint density at radius 3 is 2.11 bits per heavy atom. The van der Waals surface area contributed by atoms with Crippen LogP contribution >= 0.6 is 11.6 Å². The molecule has 1 saturated heterocycles. The zero-order chi connectivity index (χ0) is 18.6. The van der Waals surface area contributed by atoms with Crippen molar-refractivity contribution < 1.29 is 4.39 Å². The highest BCUT2D eigenvalue weighted by atomic mass is 35.5. The van der Waals surface area contributed by atoms with E-state index in [0.29, 0.717) is 28.6 Å². The Balaban J connectivity index is 1.66. The summed E-state index contributed by atoms with van der Waals surface area (Å²) in [6.07, 6.45) is 2.21. The van der Waals surface area contributed by atoms with Gasteiger partial charge in [-0.15, -0.1) is 0 Å². The minimum absolute atomic E-state index is 0.328. The number of hydrogen-bond donors (Lipinski definition) is 2. The maximum atomic E-state index is 13.5. The fourth-order valence-corrected chi connectivity index (χ4v) is 3.12. The van der Waals surface area contributed by atoms with E-state index in [4.69, 9.17) is 11.6 Å². The third-order valence-electron chi connectivity index (χ3n) is 4.17. The monoisotopic (exact) mass is 384 g/mol. The van der Waals surface area contributed by atoms with Gasteiger partial charge in [0, 0.05) is 29.5 Å². The average molecular weight is 385 g/mol. The number of aromatic nitrogens is 3. The van der Waals surface area contributed by atoms with Gasteiger partial charge in [-0.2, -0.15) is 15.0 Å². The third-order valence-corrected chi connectivity index (χ3v) is 4.41. The fourth-order valence-electron chi connectivity index (χ4n) is 2.93. The molecule has 0 spiro atoms. The number of halogens is 2. The largest absolute Gasteiger partial charge is 0.341 e. The summed E-state index contributed by atoms with van der Waals surface area (Å²) in [4.78, 5) is 15.6. The lowest BCUT2D eigenvalue weighted by Crippen LogP contribution is -2.21. The van der Waals surface area contributed by atoms with Crippen molar-refractivity contribution in [3.8, 4) is 0 Å². The molecule has 1 aromatic heterocycles. The Kier molecular flexibility index (Phi) is 5.02. The lowest BCUT2D eigenvalue weighted by molar-refractivity contribution is 0.628. The molecule has 1 fully saturated rings. The molecule has 0 radical (unpaired) electrons. The molecule has 2 heterocycles. The number of anilines is 5. The highest BCUT2D eigenvalue weighted by Crippen LogP contribution is 2.24. The quantitative estimate of drug-likeness (QED) is 0.661. The van der Waals surface area contributed by atoms with Crippen LogP contribution in [0.4, 0.5) is 33.6 Å². The minimum atomic E-state index is -0.328. The average Bonchev–Trinajstić information content (AvgIpc) is 3.16. The topological polar surface area (TPSA) is 66.0 Å². The number of nitrogens with one attached hydrogen (secondary N) is 2. The first-order valence-electron chi connectivity index (χ1n) is 8.72. The van der Waals surface area contributed by atoms with Crippen LogP contribution in [0.3, 0.4) is 0 Å². The molecule has 2 N–H and O–H groups in total. The Hall–Kier alpha value is -2.93. The number of nitrogens with zero attached hydrogens (tertiary/aromatic N) is 4. The van der Waals surface area contributed by atoms with Gasteiger partial charge in [0.2, 0.25) is 17.8 Å². The fraction of sp³-hybridized carbons (Fsp3) is 0.211. The van der Waals surface area contributed by atoms with E-state index in [1.165, 1.54) is 12.1 Å². The molecular weight excluding hydrogens is 367 g/mol. The maximum absolute atomic E-state index is 13.5. The number of rotatable bonds is 5. The SMILES string of the molecule is Fc1cccc(Nc2nc(Nc3cccc(Cl)c3)nc(N3CCCC3)n2)c1. The van der Waals surface area contributed by atoms with Crippen molar-refractivity contribution in [2.24, 2.45) is 0 Å². The first kappa shape index (κ1) is 17.5. The first-order valence-corrected chi connectivity index (χ1v) is 9.10. The molecule has 6 nitrogen and oxygen atoms in total. The van der Waals surface area contributed by atoms with Crippen LogP contribution in [-0.4, -0.2) is 28.0 Å². The molecule has 2 aromatic carbocycles. The van der Waals surface area contributed by atoms with E-state index < -0.39 is 0 Å². The summed E-state index contributed by atoms with van der Waals surface area (Å²) < 4.78 is 13.5. The lowest BCUT2D eigenvalue weighted by Gasteiger charge is -2.17. The normalized spacial score (nSPS) is 13.6. The van der Waals surface area contributed by atoms with E-state index in [1.807, 2.05) is 12.1 Å². The Bertz CT molecular complexity index is 879. The van der Waals surface area contributed by atoms with Gasteiger partial charge in [-0.1, -0.05) is 23.7 Å². The predicted molar refractivity (Wildman–Crippen MR) is 106 cm³/mol. The van der Waals surface area contributed by atoms with Gasteiger partial charge in [0.15, 0.2) is 0 Å². The van der Waals surface area contributed by atoms with Crippen molar-refractivity contribution in [2.75, 3.05) is 28.6 Å². The third kappa shape index (κ3) is 4.43. The van der Waals surface area contributed by atoms with Crippen molar-refractivity contribution in [1.29, 1.82) is 0 Å². The van der Waals surface area contributed by atoms with E-state index in [0.717, 1.165) is 31.6 Å². The van der Waals surface area contributed by atoms with Crippen molar-refractivity contribution in [3.05, 3.63) is 59.4 Å². The summed E-state index contributed by atoms with van der Waals surface area (Å²) in [5.41, 5.74) is 1.35. The molecule has 8 heteroatoms. The van der Waals surface area contributed by atoms with Crippen molar-refractivity contribution >= 4 is 40.8 Å². The van der Waals surface area contributed by atoms with Gasteiger partial charge in [0.25, 0.3) is 0 Å². The van der Waals surface area contributed by atoms with Gasteiger partial charge in [-0.25, -0.2) is 4.39 Å². The van der Waals surface area contributed by atoms with Crippen molar-refractivity contribution in [2.45, 2.75) is 12.8 Å². The van der Waals surface area contributed by atoms with E-state index in [1.54, 1.807) is 24.3 Å². The summed E-state index contributed by atoms with van der Waals surface area (Å²) in [7, 11) is 0. The van der Waals surface area contributed by atoms with Crippen LogP contribution in [0.5, 0.6) is 0 Å². The zero-order valence-electron chi connectivity index (χ0n) is 14.5. The van der Waals surface area contributed by atoms with Gasteiger partial charge in [0.1, 0.15) is 5.82 Å². The second kappa shape index (κ2) is 7.75. The maximum Gasteiger partial charge on any atom is 0.233 e. The molecule has 138 valence electrons. The van der Waals surface area contributed by atoms with Gasteiger partial charge >= 0.3 is 0 Å². The first-order chi connectivity index (χ1) is 13.2. The van der Waals surface area contributed by atoms with E-state index in [2.05, 4.69) is 30.5 Å². The summed E-state index contributed by atoms with van der Waals surface area (Å²) >= 11 is 6.05. The van der Waals surface area contributed by atoms with E-state index in [9.17, 15) is 4.39 Å². The molecule has 1 aliphatic rings. The Morgan fingerprint density at radius 2 is 1.48 bits per heavy atom. The van der Waals surface area contributed by atoms with Crippen molar-refractivity contribution in [1.82, 2.24) is 15.0 Å². The van der Waals surface area contributed by atoms with Gasteiger partial charge < -0.3 is 15.5 Å². The van der Waals surface area contributed by atoms with Crippen LogP contribution in [0, 0.1) is 5.82 Å².